The molecule has 9 heteroatoms. The summed E-state index contributed by atoms with van der Waals surface area (Å²) in [5.41, 5.74) is 0.506. The lowest BCUT2D eigenvalue weighted by atomic mass is 10.3. The number of aromatic nitrogens is 1. The van der Waals surface area contributed by atoms with Gasteiger partial charge in [-0.1, -0.05) is 6.07 Å². The smallest absolute Gasteiger partial charge is 0.241 e. The Morgan fingerprint density at radius 2 is 2.00 bits per heavy atom. The molecule has 1 aliphatic rings. The number of nitrogens with one attached hydrogen (secondary N) is 1. The summed E-state index contributed by atoms with van der Waals surface area (Å²) < 4.78 is 44.1. The lowest BCUT2D eigenvalue weighted by molar-refractivity contribution is 0.297. The van der Waals surface area contributed by atoms with E-state index in [1.54, 1.807) is 6.07 Å². The van der Waals surface area contributed by atoms with Crippen molar-refractivity contribution in [2.24, 2.45) is 0 Å². The lowest BCUT2D eigenvalue weighted by Gasteiger charge is -2.10. The number of oxazole rings is 1. The van der Waals surface area contributed by atoms with Crippen LogP contribution >= 0.6 is 11.3 Å². The molecule has 0 radical (unpaired) electrons. The van der Waals surface area contributed by atoms with Gasteiger partial charge in [-0.25, -0.2) is 18.1 Å². The first kappa shape index (κ1) is 17.1. The van der Waals surface area contributed by atoms with Gasteiger partial charge in [0.1, 0.15) is 6.26 Å². The molecule has 1 aromatic carbocycles. The molecular weight excluding hydrogens is 376 g/mol. The summed E-state index contributed by atoms with van der Waals surface area (Å²) >= 11 is 1.50. The average Bonchev–Trinajstić information content (AvgIpc) is 3.27. The van der Waals surface area contributed by atoms with Gasteiger partial charge in [0.15, 0.2) is 11.5 Å². The largest absolute Gasteiger partial charge is 0.490 e. The van der Waals surface area contributed by atoms with Crippen LogP contribution in [0.3, 0.4) is 0 Å². The van der Waals surface area contributed by atoms with Gasteiger partial charge in [0.25, 0.3) is 0 Å². The lowest BCUT2D eigenvalue weighted by Crippen LogP contribution is -2.23. The van der Waals surface area contributed by atoms with Crippen molar-refractivity contribution >= 4 is 21.4 Å². The molecule has 0 atom stereocenters. The van der Waals surface area contributed by atoms with E-state index in [4.69, 9.17) is 13.9 Å². The summed E-state index contributed by atoms with van der Waals surface area (Å²) in [4.78, 5) is 5.31. The second-order valence-corrected chi connectivity index (χ2v) is 8.32. The molecule has 0 saturated heterocycles. The van der Waals surface area contributed by atoms with Gasteiger partial charge in [-0.3, -0.25) is 0 Å². The van der Waals surface area contributed by atoms with Gasteiger partial charge >= 0.3 is 0 Å². The molecule has 4 rings (SSSR count). The molecule has 3 aromatic rings. The van der Waals surface area contributed by atoms with Crippen molar-refractivity contribution in [1.29, 1.82) is 0 Å². The molecule has 0 aliphatic carbocycles. The Morgan fingerprint density at radius 3 is 2.81 bits per heavy atom. The average molecular weight is 392 g/mol. The number of ether oxygens (including phenoxy) is 2. The van der Waals surface area contributed by atoms with E-state index in [-0.39, 0.29) is 11.4 Å². The quantitative estimate of drug-likeness (QED) is 0.718. The first-order valence-electron chi connectivity index (χ1n) is 7.99. The van der Waals surface area contributed by atoms with Crippen molar-refractivity contribution in [3.8, 4) is 22.3 Å². The Hall–Kier alpha value is -2.36. The fraction of sp³-hybridized carbons (Fsp3) is 0.235. The van der Waals surface area contributed by atoms with E-state index in [0.29, 0.717) is 36.3 Å². The van der Waals surface area contributed by atoms with Crippen LogP contribution in [0.5, 0.6) is 11.5 Å². The fourth-order valence-electron chi connectivity index (χ4n) is 2.46. The minimum Gasteiger partial charge on any atom is -0.490 e. The Balaban J connectivity index is 1.48. The number of hydrogen-bond donors (Lipinski definition) is 1. The van der Waals surface area contributed by atoms with Gasteiger partial charge in [-0.05, 0) is 23.6 Å². The molecule has 0 bridgehead atoms. The van der Waals surface area contributed by atoms with E-state index in [9.17, 15) is 8.42 Å². The number of sulfonamides is 1. The minimum atomic E-state index is -3.71. The number of hydrogen-bond acceptors (Lipinski definition) is 7. The maximum Gasteiger partial charge on any atom is 0.241 e. The molecule has 0 amide bonds. The number of nitrogens with zero attached hydrogens (tertiary/aromatic N) is 1. The zero-order valence-corrected chi connectivity index (χ0v) is 15.3. The molecule has 3 heterocycles. The van der Waals surface area contributed by atoms with Crippen molar-refractivity contribution in [3.63, 3.8) is 0 Å². The third-order valence-corrected chi connectivity index (χ3v) is 6.01. The Labute approximate surface area is 154 Å². The Morgan fingerprint density at radius 1 is 1.15 bits per heavy atom. The maximum absolute atomic E-state index is 12.5. The first-order valence-corrected chi connectivity index (χ1v) is 10.4. The van der Waals surface area contributed by atoms with E-state index < -0.39 is 10.0 Å². The van der Waals surface area contributed by atoms with E-state index in [2.05, 4.69) is 9.71 Å². The molecule has 0 unspecified atom stereocenters. The summed E-state index contributed by atoms with van der Waals surface area (Å²) in [6.07, 6.45) is 2.21. The molecule has 26 heavy (non-hydrogen) atoms. The molecule has 7 nitrogen and oxygen atoms in total. The monoisotopic (exact) mass is 392 g/mol. The highest BCUT2D eigenvalue weighted by molar-refractivity contribution is 7.89. The molecule has 0 spiro atoms. The van der Waals surface area contributed by atoms with Crippen LogP contribution in [0, 0.1) is 0 Å². The standard InChI is InChI=1S/C17H16N2O5S2/c20-26(21,13-4-5-14-15(9-13)23-7-2-6-22-14)18-10-12-11-24-17(19-12)16-3-1-8-25-16/h1,3-5,8-9,11,18H,2,6-7,10H2. The highest BCUT2D eigenvalue weighted by Gasteiger charge is 2.19. The molecule has 0 saturated carbocycles. The summed E-state index contributed by atoms with van der Waals surface area (Å²) in [5, 5.41) is 1.92. The zero-order chi connectivity index (χ0) is 18.0. The SMILES string of the molecule is O=S(=O)(NCc1coc(-c2cccs2)n1)c1ccc2c(c1)OCCCO2. The molecule has 1 aliphatic heterocycles. The minimum absolute atomic E-state index is 0.0334. The predicted molar refractivity (Wildman–Crippen MR) is 95.9 cm³/mol. The van der Waals surface area contributed by atoms with Crippen molar-refractivity contribution in [2.45, 2.75) is 17.9 Å². The predicted octanol–water partition coefficient (Wildman–Crippen LogP) is 3.04. The van der Waals surface area contributed by atoms with E-state index in [1.165, 1.54) is 29.7 Å². The Bertz CT molecular complexity index is 996. The van der Waals surface area contributed by atoms with Crippen LogP contribution in [-0.2, 0) is 16.6 Å². The van der Waals surface area contributed by atoms with Gasteiger partial charge in [0.05, 0.1) is 35.2 Å². The van der Waals surface area contributed by atoms with Gasteiger partial charge in [-0.15, -0.1) is 11.3 Å². The molecule has 2 aromatic heterocycles. The van der Waals surface area contributed by atoms with Gasteiger partial charge < -0.3 is 13.9 Å². The first-order chi connectivity index (χ1) is 12.6. The number of benzene rings is 1. The van der Waals surface area contributed by atoms with Crippen molar-refractivity contribution < 1.29 is 22.3 Å². The van der Waals surface area contributed by atoms with Crippen molar-refractivity contribution in [2.75, 3.05) is 13.2 Å². The van der Waals surface area contributed by atoms with Crippen LogP contribution in [-0.4, -0.2) is 26.6 Å². The highest BCUT2D eigenvalue weighted by Crippen LogP contribution is 2.32. The number of rotatable bonds is 5. The molecular formula is C17H16N2O5S2. The maximum atomic E-state index is 12.5. The third-order valence-electron chi connectivity index (χ3n) is 3.76. The van der Waals surface area contributed by atoms with Crippen LogP contribution in [0.1, 0.15) is 12.1 Å². The fourth-order valence-corrected chi connectivity index (χ4v) is 4.13. The second kappa shape index (κ2) is 7.10. The molecule has 1 N–H and O–H groups in total. The van der Waals surface area contributed by atoms with Crippen molar-refractivity contribution in [1.82, 2.24) is 9.71 Å². The van der Waals surface area contributed by atoms with E-state index >= 15 is 0 Å². The highest BCUT2D eigenvalue weighted by atomic mass is 32.2. The second-order valence-electron chi connectivity index (χ2n) is 5.60. The van der Waals surface area contributed by atoms with Gasteiger partial charge in [0.2, 0.25) is 15.9 Å². The topological polar surface area (TPSA) is 90.7 Å². The van der Waals surface area contributed by atoms with Gasteiger partial charge in [-0.2, -0.15) is 0 Å². The van der Waals surface area contributed by atoms with Crippen LogP contribution < -0.4 is 14.2 Å². The number of fused-ring (bicyclic) bond motifs is 1. The van der Waals surface area contributed by atoms with Crippen LogP contribution in [0.4, 0.5) is 0 Å². The van der Waals surface area contributed by atoms with Crippen LogP contribution in [0.15, 0.2) is 51.3 Å². The number of thiophene rings is 1. The Kier molecular flexibility index (Phi) is 4.66. The molecule has 136 valence electrons. The summed E-state index contributed by atoms with van der Waals surface area (Å²) in [6.45, 7) is 1.08. The van der Waals surface area contributed by atoms with Gasteiger partial charge in [0, 0.05) is 12.5 Å². The summed E-state index contributed by atoms with van der Waals surface area (Å²) in [7, 11) is -3.71. The van der Waals surface area contributed by atoms with Crippen molar-refractivity contribution in [3.05, 3.63) is 47.7 Å². The van der Waals surface area contributed by atoms with Crippen LogP contribution in [0.2, 0.25) is 0 Å². The van der Waals surface area contributed by atoms with E-state index in [1.807, 2.05) is 17.5 Å². The molecule has 0 fully saturated rings. The van der Waals surface area contributed by atoms with E-state index in [0.717, 1.165) is 11.3 Å². The third kappa shape index (κ3) is 3.59. The zero-order valence-electron chi connectivity index (χ0n) is 13.7. The van der Waals surface area contributed by atoms with Crippen LogP contribution in [0.25, 0.3) is 10.8 Å². The summed E-state index contributed by atoms with van der Waals surface area (Å²) in [6, 6.07) is 8.37. The summed E-state index contributed by atoms with van der Waals surface area (Å²) in [5.74, 6) is 1.47. The normalized spacial score (nSPS) is 14.2.